The second-order valence-electron chi connectivity index (χ2n) is 9.88. The average molecular weight is 380 g/mol. The Hall–Kier alpha value is -0.175. The fraction of sp³-hybridized carbons (Fsp3) is 1.00. The SMILES string of the molecule is CC1(C)O[C@H]2O[C@H]([C@@H]3COC(C)(C)O3)[C@H](O[B-]3C4CCCC3CCC4)[C@H]2O1. The summed E-state index contributed by atoms with van der Waals surface area (Å²) in [5.74, 6) is 0.115. The molecule has 0 aliphatic carbocycles. The van der Waals surface area contributed by atoms with E-state index in [4.69, 9.17) is 28.3 Å². The van der Waals surface area contributed by atoms with Gasteiger partial charge in [0.1, 0.15) is 18.3 Å². The maximum atomic E-state index is 6.85. The molecule has 0 N–H and O–H groups in total. The molecule has 0 amide bonds. The van der Waals surface area contributed by atoms with Crippen molar-refractivity contribution in [2.75, 3.05) is 6.61 Å². The normalized spacial score (nSPS) is 48.7. The molecule has 5 aliphatic rings. The molecule has 5 atom stereocenters. The quantitative estimate of drug-likeness (QED) is 0.699. The molecule has 0 aromatic heterocycles. The highest BCUT2D eigenvalue weighted by Gasteiger charge is 2.58. The number of fused-ring (bicyclic) bond motifs is 3. The zero-order valence-corrected chi connectivity index (χ0v) is 17.0. The van der Waals surface area contributed by atoms with Gasteiger partial charge in [-0.3, -0.25) is 0 Å². The van der Waals surface area contributed by atoms with Crippen LogP contribution in [0.5, 0.6) is 0 Å². The maximum Gasteiger partial charge on any atom is 0.190 e. The summed E-state index contributed by atoms with van der Waals surface area (Å²) in [7, 11) is 0. The molecule has 0 aromatic carbocycles. The van der Waals surface area contributed by atoms with Gasteiger partial charge in [0.15, 0.2) is 17.9 Å². The summed E-state index contributed by atoms with van der Waals surface area (Å²) >= 11 is 0. The number of hydrogen-bond acceptors (Lipinski definition) is 6. The van der Waals surface area contributed by atoms with E-state index in [-0.39, 0.29) is 24.4 Å². The summed E-state index contributed by atoms with van der Waals surface area (Å²) in [6.45, 7) is 8.59. The summed E-state index contributed by atoms with van der Waals surface area (Å²) < 4.78 is 37.3. The van der Waals surface area contributed by atoms with Crippen molar-refractivity contribution in [3.8, 4) is 0 Å². The minimum Gasteiger partial charge on any atom is -0.616 e. The summed E-state index contributed by atoms with van der Waals surface area (Å²) in [5, 5.41) is 0. The Bertz CT molecular complexity index is 547. The number of hydrogen-bond donors (Lipinski definition) is 0. The lowest BCUT2D eigenvalue weighted by Gasteiger charge is -2.53. The van der Waals surface area contributed by atoms with Gasteiger partial charge in [-0.15, -0.1) is 0 Å². The molecular formula is C20H33BO6-. The molecule has 27 heavy (non-hydrogen) atoms. The van der Waals surface area contributed by atoms with Gasteiger partial charge in [-0.05, 0) is 27.7 Å². The van der Waals surface area contributed by atoms with E-state index in [9.17, 15) is 0 Å². The van der Waals surface area contributed by atoms with Gasteiger partial charge in [0.25, 0.3) is 0 Å². The molecule has 5 rings (SSSR count). The number of ether oxygens (including phenoxy) is 5. The van der Waals surface area contributed by atoms with E-state index in [1.54, 1.807) is 0 Å². The van der Waals surface area contributed by atoms with E-state index in [0.717, 1.165) is 0 Å². The molecule has 0 spiro atoms. The van der Waals surface area contributed by atoms with Crippen LogP contribution in [0.25, 0.3) is 0 Å². The third-order valence-electron chi connectivity index (χ3n) is 6.97. The molecule has 0 saturated carbocycles. The van der Waals surface area contributed by atoms with Crippen LogP contribution in [0.1, 0.15) is 66.2 Å². The number of rotatable bonds is 3. The second kappa shape index (κ2) is 6.68. The van der Waals surface area contributed by atoms with Gasteiger partial charge in [0.2, 0.25) is 0 Å². The van der Waals surface area contributed by atoms with Crippen molar-refractivity contribution in [1.29, 1.82) is 0 Å². The van der Waals surface area contributed by atoms with Crippen LogP contribution in [0.3, 0.4) is 0 Å². The van der Waals surface area contributed by atoms with Crippen LogP contribution in [-0.4, -0.2) is 55.8 Å². The summed E-state index contributed by atoms with van der Waals surface area (Å²) in [6, 6.07) is 0. The van der Waals surface area contributed by atoms with Crippen LogP contribution >= 0.6 is 0 Å². The van der Waals surface area contributed by atoms with E-state index >= 15 is 0 Å². The first-order valence-corrected chi connectivity index (χ1v) is 10.8. The predicted molar refractivity (Wildman–Crippen MR) is 99.4 cm³/mol. The standard InChI is InChI=1S/C20H33BO6/c1-19(2)22-11-14(24-19)15-16(17-18(23-15)26-20(3,4)25-17)27-21-12-7-5-8-13(21)10-6-9-12/h12-18H,5-11H2,1-4H3/q-1/t12?,13?,14-,15+,16-,17+,18+/m0/s1. The van der Waals surface area contributed by atoms with E-state index in [1.165, 1.54) is 38.5 Å². The molecule has 2 bridgehead atoms. The molecule has 6 nitrogen and oxygen atoms in total. The van der Waals surface area contributed by atoms with Gasteiger partial charge < -0.3 is 28.3 Å². The Balaban J connectivity index is 1.37. The van der Waals surface area contributed by atoms with E-state index in [0.29, 0.717) is 25.2 Å². The van der Waals surface area contributed by atoms with Gasteiger partial charge in [-0.1, -0.05) is 38.5 Å². The van der Waals surface area contributed by atoms with E-state index in [1.807, 2.05) is 27.7 Å². The Kier molecular flexibility index (Phi) is 4.66. The third kappa shape index (κ3) is 3.49. The van der Waals surface area contributed by atoms with Crippen molar-refractivity contribution in [3.63, 3.8) is 0 Å². The molecule has 7 heteroatoms. The Morgan fingerprint density at radius 3 is 2.07 bits per heavy atom. The van der Waals surface area contributed by atoms with Crippen molar-refractivity contribution in [3.05, 3.63) is 0 Å². The molecular weight excluding hydrogens is 347 g/mol. The zero-order valence-electron chi connectivity index (χ0n) is 17.0. The van der Waals surface area contributed by atoms with Crippen LogP contribution < -0.4 is 0 Å². The van der Waals surface area contributed by atoms with E-state index in [2.05, 4.69) is 0 Å². The minimum absolute atomic E-state index is 0.158. The predicted octanol–water partition coefficient (Wildman–Crippen LogP) is 3.50. The van der Waals surface area contributed by atoms with Gasteiger partial charge in [-0.2, -0.15) is 11.6 Å². The van der Waals surface area contributed by atoms with Crippen molar-refractivity contribution in [1.82, 2.24) is 0 Å². The Labute approximate surface area is 162 Å². The first-order valence-electron chi connectivity index (χ1n) is 10.8. The highest BCUT2D eigenvalue weighted by Crippen LogP contribution is 2.49. The van der Waals surface area contributed by atoms with Crippen LogP contribution in [-0.2, 0) is 28.3 Å². The molecule has 5 heterocycles. The Morgan fingerprint density at radius 2 is 1.48 bits per heavy atom. The first kappa shape index (κ1) is 18.8. The van der Waals surface area contributed by atoms with Gasteiger partial charge >= 0.3 is 0 Å². The molecule has 1 radical (unpaired) electrons. The van der Waals surface area contributed by atoms with Gasteiger partial charge in [0.05, 0.1) is 12.7 Å². The molecule has 5 fully saturated rings. The molecule has 5 aliphatic heterocycles. The van der Waals surface area contributed by atoms with Gasteiger partial charge in [0, 0.05) is 6.92 Å². The van der Waals surface area contributed by atoms with Crippen molar-refractivity contribution < 1.29 is 28.3 Å². The van der Waals surface area contributed by atoms with Gasteiger partial charge in [-0.25, -0.2) is 0 Å². The second-order valence-corrected chi connectivity index (χ2v) is 9.88. The zero-order chi connectivity index (χ0) is 18.8. The van der Waals surface area contributed by atoms with E-state index < -0.39 is 17.9 Å². The van der Waals surface area contributed by atoms with Crippen LogP contribution in [0, 0.1) is 0 Å². The fourth-order valence-electron chi connectivity index (χ4n) is 5.85. The van der Waals surface area contributed by atoms with Crippen molar-refractivity contribution in [2.45, 2.75) is 120 Å². The molecule has 0 aromatic rings. The smallest absolute Gasteiger partial charge is 0.190 e. The lowest BCUT2D eigenvalue weighted by atomic mass is 9.38. The largest absolute Gasteiger partial charge is 0.616 e. The summed E-state index contributed by atoms with van der Waals surface area (Å²) in [5.41, 5.74) is 0. The summed E-state index contributed by atoms with van der Waals surface area (Å²) in [6.07, 6.45) is 6.65. The average Bonchev–Trinajstić information content (AvgIpc) is 3.18. The first-order chi connectivity index (χ1) is 12.8. The highest BCUT2D eigenvalue weighted by molar-refractivity contribution is 6.56. The summed E-state index contributed by atoms with van der Waals surface area (Å²) in [4.78, 5) is 0. The fourth-order valence-corrected chi connectivity index (χ4v) is 5.85. The molecule has 153 valence electrons. The lowest BCUT2D eigenvalue weighted by Crippen LogP contribution is -2.49. The topological polar surface area (TPSA) is 55.4 Å². The Morgan fingerprint density at radius 1 is 0.815 bits per heavy atom. The van der Waals surface area contributed by atoms with Crippen LogP contribution in [0.4, 0.5) is 0 Å². The van der Waals surface area contributed by atoms with Crippen LogP contribution in [0.15, 0.2) is 0 Å². The van der Waals surface area contributed by atoms with Crippen molar-refractivity contribution >= 4 is 6.92 Å². The maximum absolute atomic E-state index is 6.85. The highest BCUT2D eigenvalue weighted by atomic mass is 16.8. The molecule has 5 saturated heterocycles. The minimum atomic E-state index is -0.642. The van der Waals surface area contributed by atoms with Crippen LogP contribution in [0.2, 0.25) is 11.6 Å². The monoisotopic (exact) mass is 380 g/mol. The lowest BCUT2D eigenvalue weighted by molar-refractivity contribution is -0.230. The van der Waals surface area contributed by atoms with Crippen molar-refractivity contribution in [2.24, 2.45) is 0 Å². The third-order valence-corrected chi connectivity index (χ3v) is 6.97. The molecule has 0 unspecified atom stereocenters.